The van der Waals surface area contributed by atoms with Crippen molar-refractivity contribution in [3.05, 3.63) is 0 Å². The summed E-state index contributed by atoms with van der Waals surface area (Å²) in [6.45, 7) is 9.46. The van der Waals surface area contributed by atoms with Gasteiger partial charge in [0.15, 0.2) is 0 Å². The van der Waals surface area contributed by atoms with Gasteiger partial charge in [-0.1, -0.05) is 0 Å². The minimum Gasteiger partial charge on any atom is -0.366 e. The van der Waals surface area contributed by atoms with Gasteiger partial charge in [0, 0.05) is 6.04 Å². The highest BCUT2D eigenvalue weighted by molar-refractivity contribution is 5.75. The summed E-state index contributed by atoms with van der Waals surface area (Å²) < 4.78 is 5.94. The van der Waals surface area contributed by atoms with Crippen LogP contribution in [0.2, 0.25) is 0 Å². The molecular formula is C12H22N2O2. The number of nitrogens with one attached hydrogen (secondary N) is 1. The molecule has 1 heterocycles. The number of carbonyl (C=O) groups is 1. The molecule has 0 bridgehead atoms. The van der Waals surface area contributed by atoms with Crippen molar-refractivity contribution in [2.45, 2.75) is 57.8 Å². The standard InChI is InChI=1S/C12H22N2O2/c1-11(2)7-14(8-12(3,4)16-11)10(15)13-9-5-6-9/h9H,5-8H2,1-4H3,(H,13,15). The molecule has 92 valence electrons. The number of morpholine rings is 1. The van der Waals surface area contributed by atoms with E-state index in [1.165, 1.54) is 0 Å². The van der Waals surface area contributed by atoms with Crippen molar-refractivity contribution < 1.29 is 9.53 Å². The molecule has 0 unspecified atom stereocenters. The zero-order chi connectivity index (χ0) is 12.0. The van der Waals surface area contributed by atoms with Crippen molar-refractivity contribution in [3.8, 4) is 0 Å². The highest BCUT2D eigenvalue weighted by atomic mass is 16.5. The molecule has 16 heavy (non-hydrogen) atoms. The summed E-state index contributed by atoms with van der Waals surface area (Å²) in [5, 5.41) is 3.03. The van der Waals surface area contributed by atoms with Crippen LogP contribution in [0.1, 0.15) is 40.5 Å². The predicted molar refractivity (Wildman–Crippen MR) is 62.4 cm³/mol. The van der Waals surface area contributed by atoms with E-state index >= 15 is 0 Å². The van der Waals surface area contributed by atoms with Crippen LogP contribution in [-0.4, -0.2) is 41.3 Å². The molecule has 1 N–H and O–H groups in total. The van der Waals surface area contributed by atoms with E-state index in [0.717, 1.165) is 12.8 Å². The van der Waals surface area contributed by atoms with E-state index in [4.69, 9.17) is 4.74 Å². The highest BCUT2D eigenvalue weighted by Crippen LogP contribution is 2.28. The highest BCUT2D eigenvalue weighted by Gasteiger charge is 2.40. The van der Waals surface area contributed by atoms with Crippen molar-refractivity contribution in [2.75, 3.05) is 13.1 Å². The molecule has 1 saturated heterocycles. The molecule has 0 atom stereocenters. The summed E-state index contributed by atoms with van der Waals surface area (Å²) in [4.78, 5) is 13.9. The van der Waals surface area contributed by atoms with Gasteiger partial charge >= 0.3 is 6.03 Å². The summed E-state index contributed by atoms with van der Waals surface area (Å²) >= 11 is 0. The van der Waals surface area contributed by atoms with Crippen LogP contribution in [0.15, 0.2) is 0 Å². The Balaban J connectivity index is 2.00. The van der Waals surface area contributed by atoms with E-state index in [1.54, 1.807) is 0 Å². The number of amides is 2. The molecule has 0 aromatic carbocycles. The summed E-state index contributed by atoms with van der Waals surface area (Å²) in [7, 11) is 0. The van der Waals surface area contributed by atoms with Crippen LogP contribution in [0, 0.1) is 0 Å². The van der Waals surface area contributed by atoms with Gasteiger partial charge < -0.3 is 15.0 Å². The molecule has 2 fully saturated rings. The lowest BCUT2D eigenvalue weighted by atomic mass is 9.99. The fourth-order valence-electron chi connectivity index (χ4n) is 2.42. The molecule has 4 heteroatoms. The second kappa shape index (κ2) is 3.62. The van der Waals surface area contributed by atoms with E-state index in [0.29, 0.717) is 19.1 Å². The zero-order valence-electron chi connectivity index (χ0n) is 10.7. The molecule has 1 saturated carbocycles. The molecular weight excluding hydrogens is 204 g/mol. The first kappa shape index (κ1) is 11.7. The Bertz CT molecular complexity index is 279. The predicted octanol–water partition coefficient (Wildman–Crippen LogP) is 1.75. The molecule has 2 aliphatic rings. The van der Waals surface area contributed by atoms with Gasteiger partial charge in [-0.05, 0) is 40.5 Å². The Kier molecular flexibility index (Phi) is 2.65. The minimum atomic E-state index is -0.261. The van der Waals surface area contributed by atoms with Crippen LogP contribution in [0.4, 0.5) is 4.79 Å². The van der Waals surface area contributed by atoms with Crippen molar-refractivity contribution in [1.82, 2.24) is 10.2 Å². The number of hydrogen-bond donors (Lipinski definition) is 1. The molecule has 2 rings (SSSR count). The second-order valence-corrected chi connectivity index (χ2v) is 6.20. The third-order valence-electron chi connectivity index (χ3n) is 2.89. The second-order valence-electron chi connectivity index (χ2n) is 6.20. The molecule has 0 aromatic rings. The van der Waals surface area contributed by atoms with Gasteiger partial charge in [0.2, 0.25) is 0 Å². The number of rotatable bonds is 1. The number of ether oxygens (including phenoxy) is 1. The lowest BCUT2D eigenvalue weighted by molar-refractivity contribution is -0.170. The average molecular weight is 226 g/mol. The fraction of sp³-hybridized carbons (Fsp3) is 0.917. The van der Waals surface area contributed by atoms with Crippen molar-refractivity contribution in [1.29, 1.82) is 0 Å². The van der Waals surface area contributed by atoms with Crippen LogP contribution in [0.3, 0.4) is 0 Å². The molecule has 0 radical (unpaired) electrons. The SMILES string of the molecule is CC1(C)CN(C(=O)NC2CC2)CC(C)(C)O1. The van der Waals surface area contributed by atoms with Gasteiger partial charge in [-0.2, -0.15) is 0 Å². The third-order valence-corrected chi connectivity index (χ3v) is 2.89. The van der Waals surface area contributed by atoms with Gasteiger partial charge in [0.25, 0.3) is 0 Å². The first-order chi connectivity index (χ1) is 7.27. The molecule has 2 amide bonds. The van der Waals surface area contributed by atoms with Gasteiger partial charge in [0.05, 0.1) is 24.3 Å². The van der Waals surface area contributed by atoms with Crippen LogP contribution in [-0.2, 0) is 4.74 Å². The smallest absolute Gasteiger partial charge is 0.317 e. The molecule has 1 aliphatic heterocycles. The first-order valence-electron chi connectivity index (χ1n) is 6.03. The van der Waals surface area contributed by atoms with Crippen LogP contribution in [0.25, 0.3) is 0 Å². The third kappa shape index (κ3) is 2.88. The molecule has 0 aromatic heterocycles. The summed E-state index contributed by atoms with van der Waals surface area (Å²) in [6, 6.07) is 0.480. The normalized spacial score (nSPS) is 27.6. The number of carbonyl (C=O) groups excluding carboxylic acids is 1. The summed E-state index contributed by atoms with van der Waals surface area (Å²) in [6.07, 6.45) is 2.26. The van der Waals surface area contributed by atoms with Crippen molar-refractivity contribution in [3.63, 3.8) is 0 Å². The first-order valence-corrected chi connectivity index (χ1v) is 6.03. The quantitative estimate of drug-likeness (QED) is 0.740. The summed E-state index contributed by atoms with van der Waals surface area (Å²) in [5.74, 6) is 0. The lowest BCUT2D eigenvalue weighted by Crippen LogP contribution is -2.60. The summed E-state index contributed by atoms with van der Waals surface area (Å²) in [5.41, 5.74) is -0.523. The van der Waals surface area contributed by atoms with E-state index in [1.807, 2.05) is 32.6 Å². The molecule has 1 aliphatic carbocycles. The lowest BCUT2D eigenvalue weighted by Gasteiger charge is -2.47. The number of nitrogens with zero attached hydrogens (tertiary/aromatic N) is 1. The Morgan fingerprint density at radius 3 is 2.12 bits per heavy atom. The monoisotopic (exact) mass is 226 g/mol. The van der Waals surface area contributed by atoms with E-state index in [2.05, 4.69) is 5.32 Å². The average Bonchev–Trinajstić information content (AvgIpc) is 2.82. The van der Waals surface area contributed by atoms with Gasteiger partial charge in [-0.15, -0.1) is 0 Å². The maximum absolute atomic E-state index is 12.0. The van der Waals surface area contributed by atoms with Crippen LogP contribution >= 0.6 is 0 Å². The van der Waals surface area contributed by atoms with E-state index in [-0.39, 0.29) is 17.2 Å². The van der Waals surface area contributed by atoms with E-state index in [9.17, 15) is 4.79 Å². The zero-order valence-corrected chi connectivity index (χ0v) is 10.7. The maximum Gasteiger partial charge on any atom is 0.317 e. The number of urea groups is 1. The Hall–Kier alpha value is -0.770. The molecule has 0 spiro atoms. The fourth-order valence-corrected chi connectivity index (χ4v) is 2.42. The van der Waals surface area contributed by atoms with Crippen molar-refractivity contribution >= 4 is 6.03 Å². The van der Waals surface area contributed by atoms with Crippen molar-refractivity contribution in [2.24, 2.45) is 0 Å². The maximum atomic E-state index is 12.0. The van der Waals surface area contributed by atoms with Gasteiger partial charge in [-0.3, -0.25) is 0 Å². The van der Waals surface area contributed by atoms with E-state index < -0.39 is 0 Å². The van der Waals surface area contributed by atoms with Gasteiger partial charge in [-0.25, -0.2) is 4.79 Å². The largest absolute Gasteiger partial charge is 0.366 e. The van der Waals surface area contributed by atoms with Crippen LogP contribution in [0.5, 0.6) is 0 Å². The Morgan fingerprint density at radius 2 is 1.69 bits per heavy atom. The topological polar surface area (TPSA) is 41.6 Å². The molecule has 4 nitrogen and oxygen atoms in total. The van der Waals surface area contributed by atoms with Crippen LogP contribution < -0.4 is 5.32 Å². The number of hydrogen-bond acceptors (Lipinski definition) is 2. The Morgan fingerprint density at radius 1 is 1.19 bits per heavy atom. The minimum absolute atomic E-state index is 0.0620. The van der Waals surface area contributed by atoms with Gasteiger partial charge in [0.1, 0.15) is 0 Å². The Labute approximate surface area is 97.3 Å².